The summed E-state index contributed by atoms with van der Waals surface area (Å²) in [5, 5.41) is 9.75. The minimum Gasteiger partial charge on any atom is -0.478 e. The van der Waals surface area contributed by atoms with Gasteiger partial charge in [0.05, 0.1) is 11.1 Å². The van der Waals surface area contributed by atoms with E-state index in [2.05, 4.69) is 4.98 Å². The van der Waals surface area contributed by atoms with Crippen molar-refractivity contribution in [3.8, 4) is 0 Å². The monoisotopic (exact) mass is 233 g/mol. The zero-order chi connectivity index (χ0) is 12.6. The molecule has 0 aliphatic heterocycles. The van der Waals surface area contributed by atoms with E-state index in [-0.39, 0.29) is 5.56 Å². The van der Waals surface area contributed by atoms with Gasteiger partial charge in [-0.1, -0.05) is 6.92 Å². The third-order valence-electron chi connectivity index (χ3n) is 2.82. The molecule has 4 heteroatoms. The Morgan fingerprint density at radius 3 is 2.76 bits per heavy atom. The first kappa shape index (κ1) is 11.5. The minimum atomic E-state index is -0.996. The van der Waals surface area contributed by atoms with E-state index >= 15 is 0 Å². The summed E-state index contributed by atoms with van der Waals surface area (Å²) in [6, 6.07) is 3.99. The number of rotatable bonds is 2. The molecular weight excluding hydrogens is 221 g/mol. The maximum absolute atomic E-state index is 13.1. The largest absolute Gasteiger partial charge is 0.478 e. The molecule has 2 rings (SSSR count). The van der Waals surface area contributed by atoms with E-state index in [4.69, 9.17) is 0 Å². The minimum absolute atomic E-state index is 0.231. The fourth-order valence-corrected chi connectivity index (χ4v) is 2.08. The maximum atomic E-state index is 13.1. The molecule has 0 saturated carbocycles. The lowest BCUT2D eigenvalue weighted by molar-refractivity contribution is 0.0697. The first-order chi connectivity index (χ1) is 8.04. The molecule has 0 aliphatic carbocycles. The molecule has 88 valence electrons. The van der Waals surface area contributed by atoms with Crippen molar-refractivity contribution >= 4 is 16.9 Å². The number of aryl methyl sites for hydroxylation is 1. The van der Waals surface area contributed by atoms with Gasteiger partial charge in [-0.3, -0.25) is 4.98 Å². The average molecular weight is 233 g/mol. The molecule has 0 spiro atoms. The number of nitrogens with zero attached hydrogens (tertiary/aromatic N) is 1. The van der Waals surface area contributed by atoms with Crippen molar-refractivity contribution in [1.82, 2.24) is 4.98 Å². The smallest absolute Gasteiger partial charge is 0.336 e. The number of hydrogen-bond donors (Lipinski definition) is 1. The molecule has 0 aliphatic rings. The van der Waals surface area contributed by atoms with Crippen LogP contribution in [-0.2, 0) is 6.42 Å². The van der Waals surface area contributed by atoms with E-state index in [1.807, 2.05) is 6.92 Å². The van der Waals surface area contributed by atoms with Crippen LogP contribution in [0.3, 0.4) is 0 Å². The number of fused-ring (bicyclic) bond motifs is 1. The van der Waals surface area contributed by atoms with Gasteiger partial charge in [-0.15, -0.1) is 0 Å². The second-order valence-corrected chi connectivity index (χ2v) is 3.87. The molecule has 0 unspecified atom stereocenters. The quantitative estimate of drug-likeness (QED) is 0.867. The topological polar surface area (TPSA) is 50.2 Å². The van der Waals surface area contributed by atoms with Crippen LogP contribution in [0.5, 0.6) is 0 Å². The zero-order valence-corrected chi connectivity index (χ0v) is 9.62. The highest BCUT2D eigenvalue weighted by Gasteiger charge is 2.17. The summed E-state index contributed by atoms with van der Waals surface area (Å²) >= 11 is 0. The van der Waals surface area contributed by atoms with Crippen molar-refractivity contribution in [1.29, 1.82) is 0 Å². The number of carboxylic acid groups (broad SMARTS) is 1. The third-order valence-corrected chi connectivity index (χ3v) is 2.82. The van der Waals surface area contributed by atoms with Gasteiger partial charge in [0.1, 0.15) is 5.82 Å². The number of carbonyl (C=O) groups is 1. The van der Waals surface area contributed by atoms with Crippen LogP contribution in [0, 0.1) is 12.7 Å². The highest BCUT2D eigenvalue weighted by Crippen LogP contribution is 2.24. The van der Waals surface area contributed by atoms with Gasteiger partial charge in [0.25, 0.3) is 0 Å². The molecule has 0 fully saturated rings. The van der Waals surface area contributed by atoms with Gasteiger partial charge < -0.3 is 5.11 Å². The molecule has 0 radical (unpaired) electrons. The SMILES string of the molecule is CCc1c(C)nc2cc(F)ccc2c1C(=O)O. The van der Waals surface area contributed by atoms with Crippen LogP contribution in [0.2, 0.25) is 0 Å². The summed E-state index contributed by atoms with van der Waals surface area (Å²) in [6.07, 6.45) is 0.591. The van der Waals surface area contributed by atoms with Crippen LogP contribution >= 0.6 is 0 Å². The Kier molecular flexibility index (Phi) is 2.79. The molecule has 3 nitrogen and oxygen atoms in total. The summed E-state index contributed by atoms with van der Waals surface area (Å²) < 4.78 is 13.1. The van der Waals surface area contributed by atoms with E-state index < -0.39 is 11.8 Å². The molecule has 0 amide bonds. The number of halogens is 1. The summed E-state index contributed by atoms with van der Waals surface area (Å²) in [5.41, 5.74) is 1.96. The van der Waals surface area contributed by atoms with Crippen LogP contribution in [0.25, 0.3) is 10.9 Å². The summed E-state index contributed by atoms with van der Waals surface area (Å²) in [7, 11) is 0. The van der Waals surface area contributed by atoms with E-state index in [1.54, 1.807) is 6.92 Å². The van der Waals surface area contributed by atoms with Crippen molar-refractivity contribution in [3.05, 3.63) is 40.8 Å². The third kappa shape index (κ3) is 1.86. The van der Waals surface area contributed by atoms with Gasteiger partial charge in [-0.05, 0) is 31.0 Å². The Balaban J connectivity index is 2.92. The zero-order valence-electron chi connectivity index (χ0n) is 9.62. The second kappa shape index (κ2) is 4.13. The van der Waals surface area contributed by atoms with E-state index in [0.29, 0.717) is 28.6 Å². The van der Waals surface area contributed by atoms with Gasteiger partial charge in [0.2, 0.25) is 0 Å². The van der Waals surface area contributed by atoms with Crippen LogP contribution in [0.4, 0.5) is 4.39 Å². The average Bonchev–Trinajstić information content (AvgIpc) is 2.26. The summed E-state index contributed by atoms with van der Waals surface area (Å²) in [5.74, 6) is -1.41. The highest BCUT2D eigenvalue weighted by molar-refractivity contribution is 6.04. The van der Waals surface area contributed by atoms with Crippen molar-refractivity contribution in [2.75, 3.05) is 0 Å². The van der Waals surface area contributed by atoms with E-state index in [9.17, 15) is 14.3 Å². The highest BCUT2D eigenvalue weighted by atomic mass is 19.1. The van der Waals surface area contributed by atoms with Crippen molar-refractivity contribution < 1.29 is 14.3 Å². The van der Waals surface area contributed by atoms with E-state index in [1.165, 1.54) is 18.2 Å². The molecule has 0 saturated heterocycles. The predicted octanol–water partition coefficient (Wildman–Crippen LogP) is 2.94. The fraction of sp³-hybridized carbons (Fsp3) is 0.231. The molecule has 17 heavy (non-hydrogen) atoms. The van der Waals surface area contributed by atoms with Crippen LogP contribution in [-0.4, -0.2) is 16.1 Å². The lowest BCUT2D eigenvalue weighted by Gasteiger charge is -2.10. The van der Waals surface area contributed by atoms with Crippen molar-refractivity contribution in [2.24, 2.45) is 0 Å². The van der Waals surface area contributed by atoms with Crippen molar-refractivity contribution in [2.45, 2.75) is 20.3 Å². The number of aromatic nitrogens is 1. The van der Waals surface area contributed by atoms with Crippen LogP contribution in [0.1, 0.15) is 28.5 Å². The lowest BCUT2D eigenvalue weighted by Crippen LogP contribution is -2.07. The van der Waals surface area contributed by atoms with Crippen LogP contribution in [0.15, 0.2) is 18.2 Å². The lowest BCUT2D eigenvalue weighted by atomic mass is 9.99. The molecule has 1 heterocycles. The molecule has 0 atom stereocenters. The maximum Gasteiger partial charge on any atom is 0.336 e. The number of hydrogen-bond acceptors (Lipinski definition) is 2. The van der Waals surface area contributed by atoms with Gasteiger partial charge in [-0.2, -0.15) is 0 Å². The predicted molar refractivity (Wildman–Crippen MR) is 62.8 cm³/mol. The molecular formula is C13H12FNO2. The van der Waals surface area contributed by atoms with Gasteiger partial charge in [0, 0.05) is 17.1 Å². The Morgan fingerprint density at radius 1 is 1.47 bits per heavy atom. The first-order valence-corrected chi connectivity index (χ1v) is 5.36. The Hall–Kier alpha value is -1.97. The van der Waals surface area contributed by atoms with Gasteiger partial charge >= 0.3 is 5.97 Å². The van der Waals surface area contributed by atoms with Crippen LogP contribution < -0.4 is 0 Å². The number of aromatic carboxylic acids is 1. The summed E-state index contributed by atoms with van der Waals surface area (Å²) in [4.78, 5) is 15.6. The molecule has 1 aromatic heterocycles. The normalized spacial score (nSPS) is 10.8. The first-order valence-electron chi connectivity index (χ1n) is 5.36. The summed E-state index contributed by atoms with van der Waals surface area (Å²) in [6.45, 7) is 3.63. The van der Waals surface area contributed by atoms with Crippen molar-refractivity contribution in [3.63, 3.8) is 0 Å². The molecule has 0 bridgehead atoms. The Bertz CT molecular complexity index is 608. The Labute approximate surface area is 97.9 Å². The fourth-order valence-electron chi connectivity index (χ4n) is 2.08. The Morgan fingerprint density at radius 2 is 2.18 bits per heavy atom. The second-order valence-electron chi connectivity index (χ2n) is 3.87. The molecule has 2 aromatic rings. The van der Waals surface area contributed by atoms with Gasteiger partial charge in [-0.25, -0.2) is 9.18 Å². The number of benzene rings is 1. The number of carboxylic acids is 1. The molecule has 1 N–H and O–H groups in total. The number of pyridine rings is 1. The molecule has 1 aromatic carbocycles. The van der Waals surface area contributed by atoms with Gasteiger partial charge in [0.15, 0.2) is 0 Å². The standard InChI is InChI=1S/C13H12FNO2/c1-3-9-7(2)15-11-6-8(14)4-5-10(11)12(9)13(16)17/h4-6H,3H2,1-2H3,(H,16,17). The van der Waals surface area contributed by atoms with E-state index in [0.717, 1.165) is 0 Å².